The zero-order valence-electron chi connectivity index (χ0n) is 20.2. The quantitative estimate of drug-likeness (QED) is 0.240. The standard InChI is InChI=1S/C33H21F3N2/c34-33(35,36)30-16-14-23(15-17-30)22-4-6-24(7-5-22)27-12-13-28-19-29(21-38-32(28)20-27)25-8-10-26(11-9-25)31-3-1-2-18-37-31/h1-21H. The Hall–Kier alpha value is -4.77. The Balaban J connectivity index is 1.23. The molecule has 6 aromatic rings. The summed E-state index contributed by atoms with van der Waals surface area (Å²) in [6, 6.07) is 35.5. The zero-order valence-corrected chi connectivity index (χ0v) is 20.2. The maximum Gasteiger partial charge on any atom is 0.416 e. The molecule has 2 aromatic heterocycles. The summed E-state index contributed by atoms with van der Waals surface area (Å²) in [5.74, 6) is 0. The molecule has 0 amide bonds. The lowest BCUT2D eigenvalue weighted by atomic mass is 9.98. The number of benzene rings is 4. The lowest BCUT2D eigenvalue weighted by Gasteiger charge is -2.09. The summed E-state index contributed by atoms with van der Waals surface area (Å²) in [6.45, 7) is 0. The third-order valence-electron chi connectivity index (χ3n) is 6.63. The molecule has 0 aliphatic heterocycles. The van der Waals surface area contributed by atoms with Gasteiger partial charge in [0.2, 0.25) is 0 Å². The van der Waals surface area contributed by atoms with Crippen molar-refractivity contribution in [3.8, 4) is 44.6 Å². The summed E-state index contributed by atoms with van der Waals surface area (Å²) in [6.07, 6.45) is -0.661. The van der Waals surface area contributed by atoms with Crippen LogP contribution in [-0.2, 0) is 6.18 Å². The van der Waals surface area contributed by atoms with Crippen molar-refractivity contribution in [1.29, 1.82) is 0 Å². The van der Waals surface area contributed by atoms with Crippen LogP contribution in [0.4, 0.5) is 13.2 Å². The predicted octanol–water partition coefficient (Wildman–Crippen LogP) is 9.32. The van der Waals surface area contributed by atoms with Gasteiger partial charge < -0.3 is 0 Å². The lowest BCUT2D eigenvalue weighted by Crippen LogP contribution is -2.03. The SMILES string of the molecule is FC(F)(F)c1ccc(-c2ccc(-c3ccc4cc(-c5ccc(-c6ccccn6)cc5)cnc4c3)cc2)cc1. The second kappa shape index (κ2) is 9.60. The van der Waals surface area contributed by atoms with Gasteiger partial charge in [0.1, 0.15) is 0 Å². The molecule has 0 bridgehead atoms. The summed E-state index contributed by atoms with van der Waals surface area (Å²) < 4.78 is 38.5. The molecule has 0 aliphatic rings. The molecule has 0 N–H and O–H groups in total. The first-order chi connectivity index (χ1) is 18.4. The Bertz CT molecular complexity index is 1710. The van der Waals surface area contributed by atoms with Gasteiger partial charge in [-0.05, 0) is 64.2 Å². The maximum atomic E-state index is 12.8. The smallest absolute Gasteiger partial charge is 0.256 e. The van der Waals surface area contributed by atoms with Crippen molar-refractivity contribution in [2.24, 2.45) is 0 Å². The maximum absolute atomic E-state index is 12.8. The number of hydrogen-bond donors (Lipinski definition) is 0. The van der Waals surface area contributed by atoms with Crippen LogP contribution in [0.15, 0.2) is 128 Å². The van der Waals surface area contributed by atoms with Crippen LogP contribution in [0.2, 0.25) is 0 Å². The number of alkyl halides is 3. The highest BCUT2D eigenvalue weighted by molar-refractivity contribution is 5.88. The third-order valence-corrected chi connectivity index (χ3v) is 6.63. The third kappa shape index (κ3) is 4.78. The molecule has 0 aliphatic carbocycles. The molecule has 0 saturated carbocycles. The van der Waals surface area contributed by atoms with E-state index in [9.17, 15) is 13.2 Å². The van der Waals surface area contributed by atoms with Crippen LogP contribution in [-0.4, -0.2) is 9.97 Å². The lowest BCUT2D eigenvalue weighted by molar-refractivity contribution is -0.137. The summed E-state index contributed by atoms with van der Waals surface area (Å²) >= 11 is 0. The van der Waals surface area contributed by atoms with E-state index in [4.69, 9.17) is 4.98 Å². The Labute approximate surface area is 218 Å². The van der Waals surface area contributed by atoms with Crippen molar-refractivity contribution in [3.05, 3.63) is 133 Å². The normalized spacial score (nSPS) is 11.6. The average molecular weight is 503 g/mol. The molecule has 0 saturated heterocycles. The minimum Gasteiger partial charge on any atom is -0.256 e. The molecule has 0 atom stereocenters. The van der Waals surface area contributed by atoms with Gasteiger partial charge in [-0.25, -0.2) is 0 Å². The van der Waals surface area contributed by atoms with Crippen molar-refractivity contribution in [1.82, 2.24) is 9.97 Å². The minimum atomic E-state index is -4.34. The summed E-state index contributed by atoms with van der Waals surface area (Å²) in [4.78, 5) is 9.12. The van der Waals surface area contributed by atoms with Crippen LogP contribution in [0, 0.1) is 0 Å². The molecular weight excluding hydrogens is 481 g/mol. The molecule has 5 heteroatoms. The van der Waals surface area contributed by atoms with Crippen LogP contribution in [0.3, 0.4) is 0 Å². The molecule has 184 valence electrons. The second-order valence-corrected chi connectivity index (χ2v) is 9.08. The number of halogens is 3. The second-order valence-electron chi connectivity index (χ2n) is 9.08. The number of rotatable bonds is 4. The number of fused-ring (bicyclic) bond motifs is 1. The monoisotopic (exact) mass is 502 g/mol. The molecule has 38 heavy (non-hydrogen) atoms. The zero-order chi connectivity index (χ0) is 26.1. The first-order valence-corrected chi connectivity index (χ1v) is 12.1. The number of aromatic nitrogens is 2. The highest BCUT2D eigenvalue weighted by Gasteiger charge is 2.29. The van der Waals surface area contributed by atoms with Crippen molar-refractivity contribution in [2.75, 3.05) is 0 Å². The fourth-order valence-electron chi connectivity index (χ4n) is 4.53. The topological polar surface area (TPSA) is 25.8 Å². The molecule has 0 unspecified atom stereocenters. The van der Waals surface area contributed by atoms with E-state index in [0.717, 1.165) is 67.7 Å². The van der Waals surface area contributed by atoms with E-state index in [0.29, 0.717) is 0 Å². The van der Waals surface area contributed by atoms with Crippen LogP contribution in [0.5, 0.6) is 0 Å². The van der Waals surface area contributed by atoms with Crippen molar-refractivity contribution in [2.45, 2.75) is 6.18 Å². The van der Waals surface area contributed by atoms with E-state index in [1.165, 1.54) is 12.1 Å². The van der Waals surface area contributed by atoms with Gasteiger partial charge in [0, 0.05) is 28.9 Å². The Kier molecular flexibility index (Phi) is 5.97. The van der Waals surface area contributed by atoms with Gasteiger partial charge >= 0.3 is 6.18 Å². The Morgan fingerprint density at radius 3 is 1.63 bits per heavy atom. The van der Waals surface area contributed by atoms with Gasteiger partial charge in [0.25, 0.3) is 0 Å². The Morgan fingerprint density at radius 2 is 1.03 bits per heavy atom. The Morgan fingerprint density at radius 1 is 0.474 bits per heavy atom. The minimum absolute atomic E-state index is 0.647. The van der Waals surface area contributed by atoms with E-state index < -0.39 is 11.7 Å². The van der Waals surface area contributed by atoms with Crippen LogP contribution >= 0.6 is 0 Å². The fourth-order valence-corrected chi connectivity index (χ4v) is 4.53. The highest BCUT2D eigenvalue weighted by atomic mass is 19.4. The molecule has 0 radical (unpaired) electrons. The van der Waals surface area contributed by atoms with Gasteiger partial charge in [0.05, 0.1) is 16.8 Å². The molecular formula is C33H21F3N2. The summed E-state index contributed by atoms with van der Waals surface area (Å²) in [5.41, 5.74) is 8.02. The van der Waals surface area contributed by atoms with E-state index in [2.05, 4.69) is 53.5 Å². The summed E-state index contributed by atoms with van der Waals surface area (Å²) in [5, 5.41) is 1.04. The number of pyridine rings is 2. The molecule has 6 rings (SSSR count). The summed E-state index contributed by atoms with van der Waals surface area (Å²) in [7, 11) is 0. The molecule has 2 nitrogen and oxygen atoms in total. The van der Waals surface area contributed by atoms with Crippen molar-refractivity contribution < 1.29 is 13.2 Å². The van der Waals surface area contributed by atoms with Gasteiger partial charge in [0.15, 0.2) is 0 Å². The van der Waals surface area contributed by atoms with Crippen molar-refractivity contribution in [3.63, 3.8) is 0 Å². The molecule has 4 aromatic carbocycles. The number of nitrogens with zero attached hydrogens (tertiary/aromatic N) is 2. The van der Waals surface area contributed by atoms with E-state index >= 15 is 0 Å². The van der Waals surface area contributed by atoms with Gasteiger partial charge in [-0.2, -0.15) is 13.2 Å². The van der Waals surface area contributed by atoms with Gasteiger partial charge in [-0.1, -0.05) is 78.9 Å². The van der Waals surface area contributed by atoms with Gasteiger partial charge in [-0.3, -0.25) is 9.97 Å². The van der Waals surface area contributed by atoms with Crippen LogP contribution < -0.4 is 0 Å². The average Bonchev–Trinajstić information content (AvgIpc) is 2.97. The van der Waals surface area contributed by atoms with Crippen LogP contribution in [0.1, 0.15) is 5.56 Å². The fraction of sp³-hybridized carbons (Fsp3) is 0.0303. The van der Waals surface area contributed by atoms with E-state index in [1.807, 2.05) is 48.7 Å². The molecule has 0 spiro atoms. The van der Waals surface area contributed by atoms with Crippen LogP contribution in [0.25, 0.3) is 55.5 Å². The molecule has 2 heterocycles. The van der Waals surface area contributed by atoms with E-state index in [-0.39, 0.29) is 0 Å². The first kappa shape index (κ1) is 23.6. The van der Waals surface area contributed by atoms with Gasteiger partial charge in [-0.15, -0.1) is 0 Å². The molecule has 0 fully saturated rings. The number of hydrogen-bond acceptors (Lipinski definition) is 2. The highest BCUT2D eigenvalue weighted by Crippen LogP contribution is 2.32. The first-order valence-electron chi connectivity index (χ1n) is 12.1. The predicted molar refractivity (Wildman–Crippen MR) is 146 cm³/mol. The van der Waals surface area contributed by atoms with Crippen molar-refractivity contribution >= 4 is 10.9 Å². The largest absolute Gasteiger partial charge is 0.416 e. The van der Waals surface area contributed by atoms with E-state index in [1.54, 1.807) is 6.20 Å².